The summed E-state index contributed by atoms with van der Waals surface area (Å²) in [5.41, 5.74) is -0.871. The summed E-state index contributed by atoms with van der Waals surface area (Å²) in [7, 11) is 0. The van der Waals surface area contributed by atoms with Gasteiger partial charge in [-0.3, -0.25) is 10.1 Å². The molecule has 0 aliphatic rings. The Bertz CT molecular complexity index is 509. The van der Waals surface area contributed by atoms with Gasteiger partial charge in [0.15, 0.2) is 5.82 Å². The van der Waals surface area contributed by atoms with Crippen LogP contribution in [0.3, 0.4) is 0 Å². The first kappa shape index (κ1) is 14.9. The highest BCUT2D eigenvalue weighted by molar-refractivity contribution is 5.46. The van der Waals surface area contributed by atoms with E-state index in [1.807, 2.05) is 0 Å². The fraction of sp³-hybridized carbons (Fsp3) is 0.462. The Kier molecular flexibility index (Phi) is 4.81. The van der Waals surface area contributed by atoms with Crippen molar-refractivity contribution in [3.05, 3.63) is 34.1 Å². The Morgan fingerprint density at radius 3 is 2.79 bits per heavy atom. The van der Waals surface area contributed by atoms with Crippen LogP contribution in [0.4, 0.5) is 10.1 Å². The van der Waals surface area contributed by atoms with Crippen LogP contribution in [0.5, 0.6) is 5.75 Å². The van der Waals surface area contributed by atoms with Gasteiger partial charge in [0.25, 0.3) is 0 Å². The first-order valence-electron chi connectivity index (χ1n) is 5.84. The topological polar surface area (TPSA) is 76.2 Å². The van der Waals surface area contributed by atoms with Crippen LogP contribution in [0.1, 0.15) is 26.7 Å². The molecule has 19 heavy (non-hydrogen) atoms. The highest BCUT2D eigenvalue weighted by atomic mass is 19.1. The molecule has 0 amide bonds. The summed E-state index contributed by atoms with van der Waals surface area (Å²) in [4.78, 5) is 10.0. The maximum atomic E-state index is 13.5. The van der Waals surface area contributed by atoms with E-state index in [4.69, 9.17) is 10.00 Å². The Morgan fingerprint density at radius 2 is 2.21 bits per heavy atom. The lowest BCUT2D eigenvalue weighted by Crippen LogP contribution is -2.10. The number of nitriles is 1. The van der Waals surface area contributed by atoms with Crippen molar-refractivity contribution in [1.82, 2.24) is 0 Å². The zero-order chi connectivity index (χ0) is 14.5. The lowest BCUT2D eigenvalue weighted by molar-refractivity contribution is -0.386. The summed E-state index contributed by atoms with van der Waals surface area (Å²) >= 11 is 0. The van der Waals surface area contributed by atoms with Gasteiger partial charge in [-0.05, 0) is 32.8 Å². The average molecular weight is 266 g/mol. The van der Waals surface area contributed by atoms with Gasteiger partial charge in [0.2, 0.25) is 5.75 Å². The molecule has 0 radical (unpaired) electrons. The smallest absolute Gasteiger partial charge is 0.314 e. The number of benzene rings is 1. The number of hydrogen-bond donors (Lipinski definition) is 0. The molecular weight excluding hydrogens is 251 g/mol. The number of nitrogens with zero attached hydrogens (tertiary/aromatic N) is 2. The second kappa shape index (κ2) is 6.14. The molecule has 1 aromatic carbocycles. The van der Waals surface area contributed by atoms with E-state index in [1.54, 1.807) is 13.8 Å². The van der Waals surface area contributed by atoms with Crippen LogP contribution in [0.2, 0.25) is 0 Å². The highest BCUT2D eigenvalue weighted by Gasteiger charge is 2.20. The van der Waals surface area contributed by atoms with Crippen molar-refractivity contribution in [2.24, 2.45) is 5.41 Å². The molecule has 102 valence electrons. The number of rotatable bonds is 6. The van der Waals surface area contributed by atoms with E-state index in [0.717, 1.165) is 6.07 Å². The van der Waals surface area contributed by atoms with Gasteiger partial charge in [-0.1, -0.05) is 6.07 Å². The van der Waals surface area contributed by atoms with Gasteiger partial charge >= 0.3 is 5.69 Å². The van der Waals surface area contributed by atoms with E-state index in [9.17, 15) is 14.5 Å². The highest BCUT2D eigenvalue weighted by Crippen LogP contribution is 2.30. The first-order valence-corrected chi connectivity index (χ1v) is 5.84. The molecular formula is C13H15FN2O3. The van der Waals surface area contributed by atoms with E-state index >= 15 is 0 Å². The molecule has 0 saturated carbocycles. The molecule has 0 aromatic heterocycles. The van der Waals surface area contributed by atoms with Crippen molar-refractivity contribution >= 4 is 5.69 Å². The molecule has 6 heteroatoms. The quantitative estimate of drug-likeness (QED) is 0.449. The zero-order valence-corrected chi connectivity index (χ0v) is 10.9. The normalized spacial score (nSPS) is 10.8. The molecule has 0 fully saturated rings. The summed E-state index contributed by atoms with van der Waals surface area (Å²) in [5, 5.41) is 19.6. The largest absolute Gasteiger partial charge is 0.485 e. The molecule has 0 saturated heterocycles. The van der Waals surface area contributed by atoms with Crippen molar-refractivity contribution in [1.29, 1.82) is 5.26 Å². The SMILES string of the molecule is CC(C)(C#N)CCCOc1c(F)cccc1[N+](=O)[O-]. The summed E-state index contributed by atoms with van der Waals surface area (Å²) in [6.45, 7) is 3.71. The molecule has 0 N–H and O–H groups in total. The summed E-state index contributed by atoms with van der Waals surface area (Å²) in [6.07, 6.45) is 1.10. The molecule has 0 aliphatic heterocycles. The molecule has 0 unspecified atom stereocenters. The van der Waals surface area contributed by atoms with Crippen LogP contribution >= 0.6 is 0 Å². The maximum absolute atomic E-state index is 13.5. The van der Waals surface area contributed by atoms with E-state index in [0.29, 0.717) is 12.8 Å². The molecule has 0 spiro atoms. The van der Waals surface area contributed by atoms with Crippen molar-refractivity contribution in [2.45, 2.75) is 26.7 Å². The Labute approximate surface area is 110 Å². The zero-order valence-electron chi connectivity index (χ0n) is 10.9. The minimum atomic E-state index is -0.756. The van der Waals surface area contributed by atoms with Gasteiger partial charge < -0.3 is 4.74 Å². The van der Waals surface area contributed by atoms with Gasteiger partial charge in [0.05, 0.1) is 23.0 Å². The van der Waals surface area contributed by atoms with Crippen LogP contribution in [0, 0.1) is 32.7 Å². The van der Waals surface area contributed by atoms with Gasteiger partial charge in [-0.2, -0.15) is 5.26 Å². The lowest BCUT2D eigenvalue weighted by Gasteiger charge is -2.14. The van der Waals surface area contributed by atoms with Gasteiger partial charge in [0, 0.05) is 6.07 Å². The molecule has 5 nitrogen and oxygen atoms in total. The van der Waals surface area contributed by atoms with Crippen LogP contribution in [-0.4, -0.2) is 11.5 Å². The monoisotopic (exact) mass is 266 g/mol. The third-order valence-corrected chi connectivity index (χ3v) is 2.64. The van der Waals surface area contributed by atoms with Crippen LogP contribution in [-0.2, 0) is 0 Å². The van der Waals surface area contributed by atoms with Gasteiger partial charge in [0.1, 0.15) is 0 Å². The average Bonchev–Trinajstić information content (AvgIpc) is 2.35. The van der Waals surface area contributed by atoms with Crippen molar-refractivity contribution in [3.8, 4) is 11.8 Å². The second-order valence-electron chi connectivity index (χ2n) is 4.79. The van der Waals surface area contributed by atoms with E-state index < -0.39 is 16.2 Å². The number of para-hydroxylation sites is 1. The number of hydrogen-bond acceptors (Lipinski definition) is 4. The minimum Gasteiger partial charge on any atom is -0.485 e. The predicted molar refractivity (Wildman–Crippen MR) is 67.2 cm³/mol. The fourth-order valence-electron chi connectivity index (χ4n) is 1.53. The van der Waals surface area contributed by atoms with E-state index in [1.165, 1.54) is 12.1 Å². The fourth-order valence-corrected chi connectivity index (χ4v) is 1.53. The number of nitro benzene ring substituents is 1. The third kappa shape index (κ3) is 4.21. The van der Waals surface area contributed by atoms with E-state index in [-0.39, 0.29) is 18.0 Å². The standard InChI is InChI=1S/C13H15FN2O3/c1-13(2,9-15)7-4-8-19-12-10(14)5-3-6-11(12)16(17)18/h3,5-6H,4,7-8H2,1-2H3. The molecule has 0 aliphatic carbocycles. The van der Waals surface area contributed by atoms with Crippen molar-refractivity contribution in [2.75, 3.05) is 6.61 Å². The van der Waals surface area contributed by atoms with Gasteiger partial charge in [-0.25, -0.2) is 4.39 Å². The summed E-state index contributed by atoms with van der Waals surface area (Å²) in [5.74, 6) is -1.10. The van der Waals surface area contributed by atoms with Crippen LogP contribution in [0.15, 0.2) is 18.2 Å². The number of nitro groups is 1. The molecule has 0 bridgehead atoms. The van der Waals surface area contributed by atoms with Gasteiger partial charge in [-0.15, -0.1) is 0 Å². The molecule has 0 heterocycles. The Balaban J connectivity index is 2.64. The van der Waals surface area contributed by atoms with Crippen molar-refractivity contribution < 1.29 is 14.1 Å². The molecule has 0 atom stereocenters. The number of halogens is 1. The summed E-state index contributed by atoms with van der Waals surface area (Å²) < 4.78 is 18.6. The van der Waals surface area contributed by atoms with Crippen molar-refractivity contribution in [3.63, 3.8) is 0 Å². The van der Waals surface area contributed by atoms with E-state index in [2.05, 4.69) is 6.07 Å². The third-order valence-electron chi connectivity index (χ3n) is 2.64. The second-order valence-corrected chi connectivity index (χ2v) is 4.79. The van der Waals surface area contributed by atoms with Crippen LogP contribution < -0.4 is 4.74 Å². The molecule has 1 aromatic rings. The van der Waals surface area contributed by atoms with Crippen LogP contribution in [0.25, 0.3) is 0 Å². The molecule has 1 rings (SSSR count). The number of ether oxygens (including phenoxy) is 1. The first-order chi connectivity index (χ1) is 8.87. The lowest BCUT2D eigenvalue weighted by atomic mass is 9.90. The Hall–Kier alpha value is -2.16. The Morgan fingerprint density at radius 1 is 1.53 bits per heavy atom. The maximum Gasteiger partial charge on any atom is 0.314 e. The predicted octanol–water partition coefficient (Wildman–Crippen LogP) is 3.44. The minimum absolute atomic E-state index is 0.132. The summed E-state index contributed by atoms with van der Waals surface area (Å²) in [6, 6.07) is 5.71.